The predicted molar refractivity (Wildman–Crippen MR) is 72.0 cm³/mol. The molecule has 1 N–H and O–H groups in total. The molecule has 0 amide bonds. The Hall–Kier alpha value is -2.96. The molecular formula is C14H10FNO5. The Morgan fingerprint density at radius 3 is 2.57 bits per heavy atom. The molecule has 0 saturated heterocycles. The van der Waals surface area contributed by atoms with E-state index in [0.717, 1.165) is 12.1 Å². The molecule has 0 saturated carbocycles. The van der Waals surface area contributed by atoms with E-state index in [2.05, 4.69) is 0 Å². The second-order valence-corrected chi connectivity index (χ2v) is 4.11. The number of rotatable bonds is 4. The average molecular weight is 291 g/mol. The summed E-state index contributed by atoms with van der Waals surface area (Å²) < 4.78 is 19.0. The van der Waals surface area contributed by atoms with Gasteiger partial charge < -0.3 is 9.84 Å². The molecule has 0 spiro atoms. The van der Waals surface area contributed by atoms with Gasteiger partial charge in [0.2, 0.25) is 0 Å². The average Bonchev–Trinajstić information content (AvgIpc) is 2.46. The van der Waals surface area contributed by atoms with Crippen molar-refractivity contribution in [3.63, 3.8) is 0 Å². The fourth-order valence-electron chi connectivity index (χ4n) is 1.93. The van der Waals surface area contributed by atoms with Crippen LogP contribution in [0.2, 0.25) is 0 Å². The summed E-state index contributed by atoms with van der Waals surface area (Å²) in [5.41, 5.74) is -0.679. The van der Waals surface area contributed by atoms with E-state index >= 15 is 0 Å². The number of nitro benzene ring substituents is 1. The molecule has 0 aliphatic carbocycles. The monoisotopic (exact) mass is 291 g/mol. The van der Waals surface area contributed by atoms with Gasteiger partial charge >= 0.3 is 5.97 Å². The van der Waals surface area contributed by atoms with Crippen LogP contribution in [0.1, 0.15) is 10.4 Å². The number of non-ortho nitro benzene ring substituents is 1. The van der Waals surface area contributed by atoms with Crippen LogP contribution in [0.4, 0.5) is 10.1 Å². The Balaban J connectivity index is 2.69. The van der Waals surface area contributed by atoms with Crippen molar-refractivity contribution in [1.29, 1.82) is 0 Å². The van der Waals surface area contributed by atoms with Crippen LogP contribution < -0.4 is 4.74 Å². The maximum Gasteiger partial charge on any atom is 0.336 e. The summed E-state index contributed by atoms with van der Waals surface area (Å²) in [6.45, 7) is 0. The summed E-state index contributed by atoms with van der Waals surface area (Å²) in [4.78, 5) is 21.3. The molecule has 21 heavy (non-hydrogen) atoms. The zero-order valence-corrected chi connectivity index (χ0v) is 10.9. The third kappa shape index (κ3) is 2.66. The Morgan fingerprint density at radius 1 is 1.29 bits per heavy atom. The highest BCUT2D eigenvalue weighted by atomic mass is 19.1. The second kappa shape index (κ2) is 5.58. The summed E-state index contributed by atoms with van der Waals surface area (Å²) >= 11 is 0. The lowest BCUT2D eigenvalue weighted by Crippen LogP contribution is -2.02. The van der Waals surface area contributed by atoms with Crippen molar-refractivity contribution in [2.75, 3.05) is 7.11 Å². The summed E-state index contributed by atoms with van der Waals surface area (Å²) in [5.74, 6) is -2.14. The van der Waals surface area contributed by atoms with Crippen LogP contribution in [0.25, 0.3) is 11.1 Å². The second-order valence-electron chi connectivity index (χ2n) is 4.11. The van der Waals surface area contributed by atoms with Gasteiger partial charge in [-0.2, -0.15) is 0 Å². The summed E-state index contributed by atoms with van der Waals surface area (Å²) in [7, 11) is 1.29. The van der Waals surface area contributed by atoms with Crippen LogP contribution in [0.3, 0.4) is 0 Å². The molecule has 0 heterocycles. The van der Waals surface area contributed by atoms with Gasteiger partial charge in [0.05, 0.1) is 17.6 Å². The van der Waals surface area contributed by atoms with Gasteiger partial charge in [0.15, 0.2) is 11.6 Å². The number of nitrogens with zero attached hydrogens (tertiary/aromatic N) is 1. The van der Waals surface area contributed by atoms with Crippen molar-refractivity contribution >= 4 is 11.7 Å². The Morgan fingerprint density at radius 2 is 2.00 bits per heavy atom. The van der Waals surface area contributed by atoms with Gasteiger partial charge in [-0.3, -0.25) is 10.1 Å². The van der Waals surface area contributed by atoms with E-state index in [-0.39, 0.29) is 28.1 Å². The number of carboxylic acids is 1. The van der Waals surface area contributed by atoms with Crippen molar-refractivity contribution < 1.29 is 24.0 Å². The summed E-state index contributed by atoms with van der Waals surface area (Å²) in [5, 5.41) is 19.9. The third-order valence-electron chi connectivity index (χ3n) is 2.92. The highest BCUT2D eigenvalue weighted by molar-refractivity contribution is 5.97. The Labute approximate surface area is 118 Å². The van der Waals surface area contributed by atoms with E-state index in [4.69, 9.17) is 4.74 Å². The van der Waals surface area contributed by atoms with E-state index in [1.165, 1.54) is 31.4 Å². The quantitative estimate of drug-likeness (QED) is 0.690. The Kier molecular flexibility index (Phi) is 3.84. The van der Waals surface area contributed by atoms with E-state index in [1.807, 2.05) is 0 Å². The third-order valence-corrected chi connectivity index (χ3v) is 2.92. The SMILES string of the molecule is COc1cccc(-c2ccc([N+](=O)[O-])cc2C(=O)O)c1F. The molecule has 0 fully saturated rings. The van der Waals surface area contributed by atoms with Crippen LogP contribution in [-0.2, 0) is 0 Å². The minimum absolute atomic E-state index is 0.00153. The molecule has 108 valence electrons. The summed E-state index contributed by atoms with van der Waals surface area (Å²) in [6.07, 6.45) is 0. The van der Waals surface area contributed by atoms with Crippen molar-refractivity contribution in [3.05, 3.63) is 57.9 Å². The fraction of sp³-hybridized carbons (Fsp3) is 0.0714. The lowest BCUT2D eigenvalue weighted by Gasteiger charge is -2.10. The minimum atomic E-state index is -1.38. The highest BCUT2D eigenvalue weighted by Crippen LogP contribution is 2.33. The molecule has 7 heteroatoms. The van der Waals surface area contributed by atoms with Gasteiger partial charge in [0, 0.05) is 17.7 Å². The molecule has 0 aliphatic rings. The normalized spacial score (nSPS) is 10.2. The molecular weight excluding hydrogens is 281 g/mol. The first-order chi connectivity index (χ1) is 9.95. The van der Waals surface area contributed by atoms with E-state index < -0.39 is 16.7 Å². The first kappa shape index (κ1) is 14.4. The van der Waals surface area contributed by atoms with Crippen LogP contribution in [-0.4, -0.2) is 23.1 Å². The first-order valence-electron chi connectivity index (χ1n) is 5.80. The van der Waals surface area contributed by atoms with Crippen LogP contribution in [0.15, 0.2) is 36.4 Å². The molecule has 6 nitrogen and oxygen atoms in total. The van der Waals surface area contributed by atoms with E-state index in [9.17, 15) is 24.4 Å². The number of ether oxygens (including phenoxy) is 1. The molecule has 2 rings (SSSR count). The lowest BCUT2D eigenvalue weighted by atomic mass is 9.98. The molecule has 0 aliphatic heterocycles. The number of carboxylic acid groups (broad SMARTS) is 1. The lowest BCUT2D eigenvalue weighted by molar-refractivity contribution is -0.384. The van der Waals surface area contributed by atoms with Crippen molar-refractivity contribution in [2.45, 2.75) is 0 Å². The number of hydrogen-bond donors (Lipinski definition) is 1. The smallest absolute Gasteiger partial charge is 0.336 e. The number of benzene rings is 2. The number of hydrogen-bond acceptors (Lipinski definition) is 4. The molecule has 0 bridgehead atoms. The molecule has 2 aromatic carbocycles. The first-order valence-corrected chi connectivity index (χ1v) is 5.80. The maximum atomic E-state index is 14.2. The largest absolute Gasteiger partial charge is 0.494 e. The fourth-order valence-corrected chi connectivity index (χ4v) is 1.93. The maximum absolute atomic E-state index is 14.2. The van der Waals surface area contributed by atoms with Gasteiger partial charge in [-0.1, -0.05) is 12.1 Å². The Bertz CT molecular complexity index is 729. The van der Waals surface area contributed by atoms with Gasteiger partial charge in [-0.15, -0.1) is 0 Å². The zero-order chi connectivity index (χ0) is 15.6. The van der Waals surface area contributed by atoms with Gasteiger partial charge in [0.1, 0.15) is 0 Å². The van der Waals surface area contributed by atoms with Crippen molar-refractivity contribution in [2.24, 2.45) is 0 Å². The number of nitro groups is 1. The molecule has 0 atom stereocenters. The molecule has 0 aromatic heterocycles. The standard InChI is InChI=1S/C14H10FNO5/c1-21-12-4-2-3-10(13(12)15)9-6-5-8(16(19)20)7-11(9)14(17)18/h2-7H,1H3,(H,17,18). The van der Waals surface area contributed by atoms with Gasteiger partial charge in [0.25, 0.3) is 5.69 Å². The molecule has 0 unspecified atom stereocenters. The van der Waals surface area contributed by atoms with Crippen LogP contribution >= 0.6 is 0 Å². The molecule has 0 radical (unpaired) electrons. The number of halogens is 1. The van der Waals surface area contributed by atoms with Crippen LogP contribution in [0, 0.1) is 15.9 Å². The summed E-state index contributed by atoms with van der Waals surface area (Å²) in [6, 6.07) is 7.51. The number of carbonyl (C=O) groups is 1. The van der Waals surface area contributed by atoms with Gasteiger partial charge in [-0.25, -0.2) is 9.18 Å². The zero-order valence-electron chi connectivity index (χ0n) is 10.9. The predicted octanol–water partition coefficient (Wildman–Crippen LogP) is 3.11. The van der Waals surface area contributed by atoms with E-state index in [0.29, 0.717) is 0 Å². The topological polar surface area (TPSA) is 89.7 Å². The minimum Gasteiger partial charge on any atom is -0.494 e. The van der Waals surface area contributed by atoms with Crippen LogP contribution in [0.5, 0.6) is 5.75 Å². The number of methoxy groups -OCH3 is 1. The van der Waals surface area contributed by atoms with Gasteiger partial charge in [-0.05, 0) is 17.7 Å². The van der Waals surface area contributed by atoms with E-state index in [1.54, 1.807) is 0 Å². The highest BCUT2D eigenvalue weighted by Gasteiger charge is 2.20. The number of aromatic carboxylic acids is 1. The van der Waals surface area contributed by atoms with Crippen molar-refractivity contribution in [3.8, 4) is 16.9 Å². The molecule has 2 aromatic rings. The van der Waals surface area contributed by atoms with Crippen molar-refractivity contribution in [1.82, 2.24) is 0 Å².